The minimum Gasteiger partial charge on any atom is -0.348 e. The van der Waals surface area contributed by atoms with Crippen LogP contribution in [0.4, 0.5) is 5.95 Å². The number of anilines is 1. The molecule has 0 aliphatic carbocycles. The molecule has 138 valence electrons. The largest absolute Gasteiger partial charge is 0.348 e. The van der Waals surface area contributed by atoms with Crippen molar-refractivity contribution in [2.24, 2.45) is 0 Å². The Hall–Kier alpha value is -3.29. The molecule has 0 spiro atoms. The molecule has 0 atom stereocenters. The molecule has 0 fully saturated rings. The number of fused-ring (bicyclic) bond motifs is 1. The zero-order valence-corrected chi connectivity index (χ0v) is 15.0. The van der Waals surface area contributed by atoms with Gasteiger partial charge in [0.25, 0.3) is 0 Å². The molecule has 1 amide bonds. The lowest BCUT2D eigenvalue weighted by atomic mass is 10.1. The normalized spacial score (nSPS) is 13.3. The maximum atomic E-state index is 12.6. The van der Waals surface area contributed by atoms with E-state index in [9.17, 15) is 4.79 Å². The van der Waals surface area contributed by atoms with E-state index < -0.39 is 0 Å². The lowest BCUT2D eigenvalue weighted by Crippen LogP contribution is -2.38. The number of hydrogen-bond acceptors (Lipinski definition) is 6. The number of nitrogens with one attached hydrogen (secondary N) is 1. The van der Waals surface area contributed by atoms with Crippen LogP contribution in [0.2, 0.25) is 0 Å². The summed E-state index contributed by atoms with van der Waals surface area (Å²) in [5.74, 6) is 0.757. The highest BCUT2D eigenvalue weighted by Crippen LogP contribution is 2.16. The highest BCUT2D eigenvalue weighted by atomic mass is 16.2. The first kappa shape index (κ1) is 17.1. The number of amides is 1. The molecule has 3 aromatic heterocycles. The number of carbonyl (C=O) groups is 1. The van der Waals surface area contributed by atoms with Gasteiger partial charge in [-0.25, -0.2) is 9.97 Å². The molecule has 1 aliphatic heterocycles. The van der Waals surface area contributed by atoms with Crippen molar-refractivity contribution in [3.63, 3.8) is 0 Å². The van der Waals surface area contributed by atoms with Crippen LogP contribution in [0.3, 0.4) is 0 Å². The number of pyridine rings is 1. The summed E-state index contributed by atoms with van der Waals surface area (Å²) in [5, 5.41) is 7.77. The second-order valence-electron chi connectivity index (χ2n) is 6.45. The minimum atomic E-state index is 0.177. The molecule has 4 heterocycles. The average molecular weight is 363 g/mol. The summed E-state index contributed by atoms with van der Waals surface area (Å²) in [4.78, 5) is 26.8. The van der Waals surface area contributed by atoms with Crippen LogP contribution in [-0.4, -0.2) is 42.1 Å². The first-order valence-electron chi connectivity index (χ1n) is 9.01. The van der Waals surface area contributed by atoms with Crippen molar-refractivity contribution in [2.75, 3.05) is 11.9 Å². The topological polar surface area (TPSA) is 88.8 Å². The van der Waals surface area contributed by atoms with Crippen molar-refractivity contribution >= 4 is 11.9 Å². The smallest absolute Gasteiger partial charge is 0.223 e. The van der Waals surface area contributed by atoms with Crippen LogP contribution in [0.25, 0.3) is 0 Å². The van der Waals surface area contributed by atoms with E-state index in [0.29, 0.717) is 32.0 Å². The second kappa shape index (κ2) is 7.94. The van der Waals surface area contributed by atoms with E-state index >= 15 is 0 Å². The van der Waals surface area contributed by atoms with E-state index in [2.05, 4.69) is 25.4 Å². The van der Waals surface area contributed by atoms with E-state index in [-0.39, 0.29) is 5.91 Å². The predicted molar refractivity (Wildman–Crippen MR) is 99.6 cm³/mol. The number of nitrogens with zero attached hydrogens (tertiary/aromatic N) is 6. The van der Waals surface area contributed by atoms with Crippen LogP contribution in [0.5, 0.6) is 0 Å². The van der Waals surface area contributed by atoms with Crippen molar-refractivity contribution in [3.05, 3.63) is 66.0 Å². The summed E-state index contributed by atoms with van der Waals surface area (Å²) in [6.45, 7) is 2.57. The number of hydrogen-bond donors (Lipinski definition) is 1. The van der Waals surface area contributed by atoms with E-state index in [1.807, 2.05) is 27.8 Å². The quantitative estimate of drug-likeness (QED) is 0.716. The second-order valence-corrected chi connectivity index (χ2v) is 6.45. The Morgan fingerprint density at radius 1 is 1.11 bits per heavy atom. The third-order valence-electron chi connectivity index (χ3n) is 4.57. The summed E-state index contributed by atoms with van der Waals surface area (Å²) in [5.41, 5.74) is 3.12. The molecule has 0 saturated heterocycles. The van der Waals surface area contributed by atoms with E-state index in [4.69, 9.17) is 0 Å². The SMILES string of the molecule is O=C(CCc1ccncc1)N1CCn2nc(CNc3ncccn3)cc2C1. The van der Waals surface area contributed by atoms with Crippen molar-refractivity contribution in [1.29, 1.82) is 0 Å². The molecule has 1 aliphatic rings. The first-order valence-corrected chi connectivity index (χ1v) is 9.01. The van der Waals surface area contributed by atoms with Gasteiger partial charge in [0.1, 0.15) is 0 Å². The minimum absolute atomic E-state index is 0.177. The van der Waals surface area contributed by atoms with Crippen molar-refractivity contribution in [3.8, 4) is 0 Å². The van der Waals surface area contributed by atoms with Crippen LogP contribution in [-0.2, 0) is 30.8 Å². The van der Waals surface area contributed by atoms with Crippen molar-refractivity contribution < 1.29 is 4.79 Å². The van der Waals surface area contributed by atoms with Crippen molar-refractivity contribution in [1.82, 2.24) is 29.6 Å². The van der Waals surface area contributed by atoms with Crippen molar-refractivity contribution in [2.45, 2.75) is 32.5 Å². The number of aromatic nitrogens is 5. The van der Waals surface area contributed by atoms with Gasteiger partial charge in [0.2, 0.25) is 11.9 Å². The summed E-state index contributed by atoms with van der Waals surface area (Å²) in [7, 11) is 0. The lowest BCUT2D eigenvalue weighted by Gasteiger charge is -2.27. The van der Waals surface area contributed by atoms with Gasteiger partial charge in [0.05, 0.1) is 31.0 Å². The van der Waals surface area contributed by atoms with Gasteiger partial charge in [-0.1, -0.05) is 0 Å². The molecule has 27 heavy (non-hydrogen) atoms. The Kier molecular flexibility index (Phi) is 5.04. The zero-order chi connectivity index (χ0) is 18.5. The fourth-order valence-electron chi connectivity index (χ4n) is 3.14. The van der Waals surface area contributed by atoms with E-state index in [0.717, 1.165) is 29.9 Å². The molecular weight excluding hydrogens is 342 g/mol. The highest BCUT2D eigenvalue weighted by molar-refractivity contribution is 5.76. The fourth-order valence-corrected chi connectivity index (χ4v) is 3.14. The molecule has 3 aromatic rings. The van der Waals surface area contributed by atoms with Gasteiger partial charge >= 0.3 is 0 Å². The molecular formula is C19H21N7O. The van der Waals surface area contributed by atoms with Crippen LogP contribution >= 0.6 is 0 Å². The maximum absolute atomic E-state index is 12.6. The van der Waals surface area contributed by atoms with Gasteiger partial charge in [-0.2, -0.15) is 5.10 Å². The van der Waals surface area contributed by atoms with Gasteiger partial charge in [0.15, 0.2) is 0 Å². The molecule has 0 saturated carbocycles. The highest BCUT2D eigenvalue weighted by Gasteiger charge is 2.22. The Balaban J connectivity index is 1.32. The number of rotatable bonds is 6. The molecule has 4 rings (SSSR count). The summed E-state index contributed by atoms with van der Waals surface area (Å²) in [6, 6.07) is 7.72. The zero-order valence-electron chi connectivity index (χ0n) is 15.0. The summed E-state index contributed by atoms with van der Waals surface area (Å²) < 4.78 is 1.98. The van der Waals surface area contributed by atoms with Gasteiger partial charge < -0.3 is 10.2 Å². The third-order valence-corrected chi connectivity index (χ3v) is 4.57. The Bertz CT molecular complexity index is 895. The van der Waals surface area contributed by atoms with Crippen LogP contribution in [0.15, 0.2) is 49.1 Å². The molecule has 8 nitrogen and oxygen atoms in total. The average Bonchev–Trinajstić information content (AvgIpc) is 3.14. The molecule has 0 bridgehead atoms. The Labute approximate surface area is 157 Å². The van der Waals surface area contributed by atoms with Crippen LogP contribution in [0.1, 0.15) is 23.4 Å². The van der Waals surface area contributed by atoms with E-state index in [1.165, 1.54) is 0 Å². The van der Waals surface area contributed by atoms with Crippen LogP contribution in [0, 0.1) is 0 Å². The Morgan fingerprint density at radius 2 is 1.93 bits per heavy atom. The van der Waals surface area contributed by atoms with Crippen LogP contribution < -0.4 is 5.32 Å². The third kappa shape index (κ3) is 4.28. The predicted octanol–water partition coefficient (Wildman–Crippen LogP) is 1.66. The molecule has 0 radical (unpaired) electrons. The van der Waals surface area contributed by atoms with E-state index in [1.54, 1.807) is 30.9 Å². The number of aryl methyl sites for hydroxylation is 1. The first-order chi connectivity index (χ1) is 13.3. The summed E-state index contributed by atoms with van der Waals surface area (Å²) in [6.07, 6.45) is 8.16. The summed E-state index contributed by atoms with van der Waals surface area (Å²) >= 11 is 0. The van der Waals surface area contributed by atoms with Gasteiger partial charge in [0, 0.05) is 37.8 Å². The molecule has 0 unspecified atom stereocenters. The van der Waals surface area contributed by atoms with Gasteiger partial charge in [-0.3, -0.25) is 14.5 Å². The lowest BCUT2D eigenvalue weighted by molar-refractivity contribution is -0.132. The maximum Gasteiger partial charge on any atom is 0.223 e. The molecule has 0 aromatic carbocycles. The Morgan fingerprint density at radius 3 is 2.74 bits per heavy atom. The fraction of sp³-hybridized carbons (Fsp3) is 0.316. The monoisotopic (exact) mass is 363 g/mol. The number of carbonyl (C=O) groups excluding carboxylic acids is 1. The van der Waals surface area contributed by atoms with Gasteiger partial charge in [-0.15, -0.1) is 0 Å². The molecule has 8 heteroatoms. The standard InChI is InChI=1S/C19H21N7O/c27-18(3-2-15-4-8-20-9-5-15)25-10-11-26-17(14-25)12-16(24-26)13-23-19-21-6-1-7-22-19/h1,4-9,12H,2-3,10-11,13-14H2,(H,21,22,23). The van der Waals surface area contributed by atoms with Gasteiger partial charge in [-0.05, 0) is 36.2 Å². The molecule has 1 N–H and O–H groups in total.